The minimum Gasteiger partial charge on any atom is -0.330 e. The van der Waals surface area contributed by atoms with Crippen LogP contribution in [0, 0.1) is 0 Å². The van der Waals surface area contributed by atoms with Gasteiger partial charge in [-0.1, -0.05) is 18.2 Å². The van der Waals surface area contributed by atoms with E-state index in [2.05, 4.69) is 19.7 Å². The van der Waals surface area contributed by atoms with Crippen LogP contribution in [0.3, 0.4) is 0 Å². The topological polar surface area (TPSA) is 17.1 Å². The Morgan fingerprint density at radius 3 is 1.50 bits per heavy atom. The van der Waals surface area contributed by atoms with Crippen LogP contribution in [-0.2, 0) is 4.57 Å². The number of hydrogen-bond acceptors (Lipinski definition) is 1. The van der Waals surface area contributed by atoms with Crippen LogP contribution in [0.2, 0.25) is 0 Å². The maximum absolute atomic E-state index is 11.1. The Bertz CT molecular complexity index is 158. The van der Waals surface area contributed by atoms with E-state index in [4.69, 9.17) is 0 Å². The predicted molar refractivity (Wildman–Crippen MR) is 57.6 cm³/mol. The van der Waals surface area contributed by atoms with Crippen molar-refractivity contribution < 1.29 is 4.57 Å². The first kappa shape index (κ1) is 11.4. The first-order valence-corrected chi connectivity index (χ1v) is 5.08. The highest BCUT2D eigenvalue weighted by molar-refractivity contribution is 7.26. The lowest BCUT2D eigenvalue weighted by atomic mass is 9.96. The minimum atomic E-state index is -0.800. The fraction of sp³-hybridized carbons (Fsp3) is 0.400. The van der Waals surface area contributed by atoms with Crippen LogP contribution in [0.25, 0.3) is 0 Å². The van der Waals surface area contributed by atoms with Gasteiger partial charge >= 0.3 is 0 Å². The highest BCUT2D eigenvalue weighted by Gasteiger charge is 2.23. The second-order valence-electron chi connectivity index (χ2n) is 2.96. The third-order valence-corrected chi connectivity index (χ3v) is 3.11. The first-order chi connectivity index (χ1) is 5.74. The Labute approximate surface area is 76.1 Å². The zero-order valence-electron chi connectivity index (χ0n) is 7.46. The summed E-state index contributed by atoms with van der Waals surface area (Å²) in [7, 11) is -0.800. The standard InChI is InChI=1S/C10H17OP/c1-4-7-10(12-11,8-5-2)9-6-3/h4-6H,1-3,7-9,12H2. The van der Waals surface area contributed by atoms with Crippen LogP contribution in [0.15, 0.2) is 38.0 Å². The van der Waals surface area contributed by atoms with Crippen molar-refractivity contribution in [2.75, 3.05) is 0 Å². The van der Waals surface area contributed by atoms with Crippen molar-refractivity contribution in [1.82, 2.24) is 0 Å². The van der Waals surface area contributed by atoms with Gasteiger partial charge in [0.15, 0.2) is 0 Å². The van der Waals surface area contributed by atoms with Crippen molar-refractivity contribution in [2.45, 2.75) is 24.4 Å². The quantitative estimate of drug-likeness (QED) is 0.438. The smallest absolute Gasteiger partial charge is 0.0713 e. The van der Waals surface area contributed by atoms with Gasteiger partial charge in [0.05, 0.1) is 8.46 Å². The van der Waals surface area contributed by atoms with Crippen LogP contribution in [0.1, 0.15) is 19.3 Å². The molecule has 0 fully saturated rings. The molecule has 0 radical (unpaired) electrons. The van der Waals surface area contributed by atoms with Crippen molar-refractivity contribution in [3.8, 4) is 0 Å². The summed E-state index contributed by atoms with van der Waals surface area (Å²) in [6.45, 7) is 11.0. The number of hydrogen-bond donors (Lipinski definition) is 0. The molecule has 0 aromatic rings. The van der Waals surface area contributed by atoms with Gasteiger partial charge < -0.3 is 4.57 Å². The Kier molecular flexibility index (Phi) is 5.74. The molecule has 1 unspecified atom stereocenters. The molecule has 0 aromatic carbocycles. The van der Waals surface area contributed by atoms with Crippen LogP contribution in [0.4, 0.5) is 0 Å². The monoisotopic (exact) mass is 184 g/mol. The van der Waals surface area contributed by atoms with Crippen LogP contribution < -0.4 is 0 Å². The lowest BCUT2D eigenvalue weighted by molar-refractivity contribution is 0.538. The van der Waals surface area contributed by atoms with E-state index < -0.39 is 8.46 Å². The van der Waals surface area contributed by atoms with Gasteiger partial charge in [-0.05, 0) is 19.3 Å². The van der Waals surface area contributed by atoms with E-state index >= 15 is 0 Å². The third-order valence-electron chi connectivity index (χ3n) is 1.90. The molecule has 2 heteroatoms. The molecule has 0 bridgehead atoms. The zero-order valence-corrected chi connectivity index (χ0v) is 8.61. The van der Waals surface area contributed by atoms with Gasteiger partial charge in [0.25, 0.3) is 0 Å². The van der Waals surface area contributed by atoms with E-state index in [1.165, 1.54) is 0 Å². The van der Waals surface area contributed by atoms with Gasteiger partial charge in [0.2, 0.25) is 0 Å². The molecule has 0 aliphatic rings. The number of rotatable bonds is 7. The summed E-state index contributed by atoms with van der Waals surface area (Å²) < 4.78 is 11.1. The fourth-order valence-electron chi connectivity index (χ4n) is 1.26. The molecule has 12 heavy (non-hydrogen) atoms. The summed E-state index contributed by atoms with van der Waals surface area (Å²) in [5, 5.41) is -0.134. The van der Waals surface area contributed by atoms with Crippen LogP contribution in [0.5, 0.6) is 0 Å². The Balaban J connectivity index is 4.45. The second-order valence-corrected chi connectivity index (χ2v) is 4.42. The van der Waals surface area contributed by atoms with Crippen LogP contribution in [-0.4, -0.2) is 5.16 Å². The van der Waals surface area contributed by atoms with E-state index in [0.29, 0.717) is 0 Å². The van der Waals surface area contributed by atoms with Crippen molar-refractivity contribution in [3.05, 3.63) is 38.0 Å². The lowest BCUT2D eigenvalue weighted by Crippen LogP contribution is -2.18. The van der Waals surface area contributed by atoms with Gasteiger partial charge in [-0.3, -0.25) is 0 Å². The highest BCUT2D eigenvalue weighted by Crippen LogP contribution is 2.35. The van der Waals surface area contributed by atoms with E-state index in [9.17, 15) is 4.57 Å². The molecular weight excluding hydrogens is 167 g/mol. The molecule has 0 saturated carbocycles. The Hall–Kier alpha value is -0.550. The molecular formula is C10H17OP. The van der Waals surface area contributed by atoms with E-state index in [-0.39, 0.29) is 5.16 Å². The Morgan fingerprint density at radius 2 is 1.33 bits per heavy atom. The largest absolute Gasteiger partial charge is 0.330 e. The van der Waals surface area contributed by atoms with Crippen molar-refractivity contribution >= 4 is 8.46 Å². The van der Waals surface area contributed by atoms with E-state index in [0.717, 1.165) is 19.3 Å². The van der Waals surface area contributed by atoms with Crippen molar-refractivity contribution in [1.29, 1.82) is 0 Å². The van der Waals surface area contributed by atoms with Gasteiger partial charge in [-0.15, -0.1) is 19.7 Å². The second kappa shape index (κ2) is 6.02. The average molecular weight is 184 g/mol. The molecule has 0 aliphatic heterocycles. The molecule has 0 amide bonds. The van der Waals surface area contributed by atoms with E-state index in [1.807, 2.05) is 18.2 Å². The summed E-state index contributed by atoms with van der Waals surface area (Å²) in [5.74, 6) is 0. The minimum absolute atomic E-state index is 0.134. The normalized spacial score (nSPS) is 11.7. The SMILES string of the molecule is C=CCC(CC=C)(CC=C)[PH2]=O. The van der Waals surface area contributed by atoms with Crippen molar-refractivity contribution in [3.63, 3.8) is 0 Å². The van der Waals surface area contributed by atoms with Gasteiger partial charge in [0.1, 0.15) is 0 Å². The summed E-state index contributed by atoms with van der Waals surface area (Å²) in [6, 6.07) is 0. The molecule has 0 spiro atoms. The van der Waals surface area contributed by atoms with Gasteiger partial charge in [0, 0.05) is 5.16 Å². The maximum atomic E-state index is 11.1. The van der Waals surface area contributed by atoms with E-state index in [1.54, 1.807) is 0 Å². The summed E-state index contributed by atoms with van der Waals surface area (Å²) in [4.78, 5) is 0. The highest BCUT2D eigenvalue weighted by atomic mass is 31.1. The van der Waals surface area contributed by atoms with Gasteiger partial charge in [-0.2, -0.15) is 0 Å². The lowest BCUT2D eigenvalue weighted by Gasteiger charge is -2.23. The molecule has 1 nitrogen and oxygen atoms in total. The van der Waals surface area contributed by atoms with Crippen LogP contribution >= 0.6 is 8.46 Å². The third kappa shape index (κ3) is 3.23. The molecule has 1 atom stereocenters. The maximum Gasteiger partial charge on any atom is 0.0713 e. The van der Waals surface area contributed by atoms with Crippen molar-refractivity contribution in [2.24, 2.45) is 0 Å². The summed E-state index contributed by atoms with van der Waals surface area (Å²) >= 11 is 0. The zero-order chi connectivity index (χ0) is 9.45. The molecule has 0 saturated heterocycles. The number of allylic oxidation sites excluding steroid dienone is 3. The summed E-state index contributed by atoms with van der Waals surface area (Å²) in [5.41, 5.74) is 0. The molecule has 68 valence electrons. The first-order valence-electron chi connectivity index (χ1n) is 4.03. The Morgan fingerprint density at radius 1 is 1.00 bits per heavy atom. The van der Waals surface area contributed by atoms with Gasteiger partial charge in [-0.25, -0.2) is 0 Å². The molecule has 0 aliphatic carbocycles. The molecule has 0 rings (SSSR count). The average Bonchev–Trinajstić information content (AvgIpc) is 2.06. The fourth-order valence-corrected chi connectivity index (χ4v) is 2.05. The molecule has 0 N–H and O–H groups in total. The molecule has 0 aromatic heterocycles. The predicted octanol–water partition coefficient (Wildman–Crippen LogP) is 3.21. The molecule has 0 heterocycles. The summed E-state index contributed by atoms with van der Waals surface area (Å²) in [6.07, 6.45) is 7.80.